The van der Waals surface area contributed by atoms with Gasteiger partial charge in [-0.05, 0) is 64.0 Å². The van der Waals surface area contributed by atoms with E-state index in [0.29, 0.717) is 20.2 Å². The van der Waals surface area contributed by atoms with Crippen LogP contribution in [-0.4, -0.2) is 10.5 Å². The highest BCUT2D eigenvalue weighted by Crippen LogP contribution is 2.40. The smallest absolute Gasteiger partial charge is 0.270 e. The van der Waals surface area contributed by atoms with E-state index in [1.54, 1.807) is 24.3 Å². The lowest BCUT2D eigenvalue weighted by Gasteiger charge is -2.15. The van der Waals surface area contributed by atoms with Gasteiger partial charge in [-0.3, -0.25) is 9.36 Å². The van der Waals surface area contributed by atoms with E-state index < -0.39 is 17.8 Å². The van der Waals surface area contributed by atoms with Crippen molar-refractivity contribution in [2.45, 2.75) is 6.18 Å². The van der Waals surface area contributed by atoms with Crippen LogP contribution in [-0.2, 0) is 6.18 Å². The average Bonchev–Trinajstić information content (AvgIpc) is 2.93. The predicted molar refractivity (Wildman–Crippen MR) is 98.8 cm³/mol. The van der Waals surface area contributed by atoms with Crippen molar-refractivity contribution < 1.29 is 18.0 Å². The minimum atomic E-state index is -4.73. The average molecular weight is 463 g/mol. The van der Waals surface area contributed by atoms with E-state index in [1.807, 2.05) is 0 Å². The Morgan fingerprint density at radius 1 is 0.923 bits per heavy atom. The van der Waals surface area contributed by atoms with E-state index in [4.69, 9.17) is 23.2 Å². The molecular formula is C18H9BrCl2F3NO. The summed E-state index contributed by atoms with van der Waals surface area (Å²) < 4.78 is 41.2. The minimum Gasteiger partial charge on any atom is -0.270 e. The Morgan fingerprint density at radius 2 is 1.42 bits per heavy atom. The molecule has 1 aromatic heterocycles. The number of aromatic nitrogens is 1. The molecule has 134 valence electrons. The summed E-state index contributed by atoms with van der Waals surface area (Å²) in [6.07, 6.45) is -4.73. The zero-order chi connectivity index (χ0) is 19.1. The van der Waals surface area contributed by atoms with Gasteiger partial charge in [0.25, 0.3) is 5.91 Å². The predicted octanol–water partition coefficient (Wildman–Crippen LogP) is 6.93. The molecule has 3 rings (SSSR count). The zero-order valence-electron chi connectivity index (χ0n) is 12.8. The van der Waals surface area contributed by atoms with Gasteiger partial charge in [0.2, 0.25) is 0 Å². The molecule has 8 heteroatoms. The molecule has 3 aromatic rings. The largest absolute Gasteiger partial charge is 0.432 e. The Morgan fingerprint density at radius 3 is 1.92 bits per heavy atom. The van der Waals surface area contributed by atoms with E-state index in [9.17, 15) is 18.0 Å². The normalized spacial score (nSPS) is 11.6. The second-order valence-electron chi connectivity index (χ2n) is 5.38. The Bertz CT molecular complexity index is 964. The van der Waals surface area contributed by atoms with Gasteiger partial charge in [0.1, 0.15) is 5.69 Å². The van der Waals surface area contributed by atoms with Gasteiger partial charge in [-0.15, -0.1) is 0 Å². The Labute approximate surface area is 165 Å². The fraction of sp³-hybridized carbons (Fsp3) is 0.0556. The first-order valence-electron chi connectivity index (χ1n) is 7.23. The maximum atomic E-state index is 13.6. The van der Waals surface area contributed by atoms with Crippen molar-refractivity contribution in [3.63, 3.8) is 0 Å². The van der Waals surface area contributed by atoms with Crippen molar-refractivity contribution in [1.82, 2.24) is 4.57 Å². The SMILES string of the molecule is O=C(c1ccc(Cl)cc1)n1c(-c2ccc(Cl)cc2)cc(Br)c1C(F)(F)F. The molecule has 0 atom stereocenters. The summed E-state index contributed by atoms with van der Waals surface area (Å²) in [4.78, 5) is 12.9. The monoisotopic (exact) mass is 461 g/mol. The van der Waals surface area contributed by atoms with Crippen LogP contribution < -0.4 is 0 Å². The molecule has 0 radical (unpaired) electrons. The number of rotatable bonds is 2. The van der Waals surface area contributed by atoms with Gasteiger partial charge in [-0.25, -0.2) is 0 Å². The lowest BCUT2D eigenvalue weighted by molar-refractivity contribution is -0.143. The van der Waals surface area contributed by atoms with Crippen molar-refractivity contribution in [2.24, 2.45) is 0 Å². The Kier molecular flexibility index (Phi) is 5.19. The van der Waals surface area contributed by atoms with Crippen LogP contribution in [0.4, 0.5) is 13.2 Å². The van der Waals surface area contributed by atoms with Crippen LogP contribution in [0, 0.1) is 0 Å². The Balaban J connectivity index is 2.25. The fourth-order valence-corrected chi connectivity index (χ4v) is 3.38. The molecular weight excluding hydrogens is 454 g/mol. The molecule has 0 spiro atoms. The van der Waals surface area contributed by atoms with Crippen molar-refractivity contribution in [3.8, 4) is 11.3 Å². The van der Waals surface area contributed by atoms with Crippen molar-refractivity contribution >= 4 is 45.0 Å². The van der Waals surface area contributed by atoms with Gasteiger partial charge in [0.15, 0.2) is 0 Å². The van der Waals surface area contributed by atoms with E-state index in [-0.39, 0.29) is 15.7 Å². The number of carbonyl (C=O) groups is 1. The van der Waals surface area contributed by atoms with Gasteiger partial charge >= 0.3 is 6.18 Å². The molecule has 0 N–H and O–H groups in total. The van der Waals surface area contributed by atoms with Gasteiger partial charge in [-0.2, -0.15) is 13.2 Å². The number of hydrogen-bond donors (Lipinski definition) is 0. The number of alkyl halides is 3. The third kappa shape index (κ3) is 3.68. The zero-order valence-corrected chi connectivity index (χ0v) is 15.9. The molecule has 26 heavy (non-hydrogen) atoms. The number of nitrogens with zero attached hydrogens (tertiary/aromatic N) is 1. The van der Waals surface area contributed by atoms with Crippen molar-refractivity contribution in [2.75, 3.05) is 0 Å². The van der Waals surface area contributed by atoms with Crippen LogP contribution >= 0.6 is 39.1 Å². The highest BCUT2D eigenvalue weighted by Gasteiger charge is 2.40. The first kappa shape index (κ1) is 19.0. The van der Waals surface area contributed by atoms with Crippen LogP contribution in [0.15, 0.2) is 59.1 Å². The molecule has 2 nitrogen and oxygen atoms in total. The summed E-state index contributed by atoms with van der Waals surface area (Å²) in [5.41, 5.74) is -0.477. The number of halogens is 6. The van der Waals surface area contributed by atoms with Crippen LogP contribution in [0.25, 0.3) is 11.3 Å². The number of benzene rings is 2. The van der Waals surface area contributed by atoms with E-state index in [2.05, 4.69) is 15.9 Å². The van der Waals surface area contributed by atoms with Crippen LogP contribution in [0.3, 0.4) is 0 Å². The van der Waals surface area contributed by atoms with Crippen LogP contribution in [0.5, 0.6) is 0 Å². The molecule has 0 saturated carbocycles. The molecule has 0 unspecified atom stereocenters. The standard InChI is InChI=1S/C18H9BrCl2F3NO/c19-14-9-15(10-1-5-12(20)6-2-10)25(16(14)18(22,23)24)17(26)11-3-7-13(21)8-4-11/h1-9H. The first-order valence-corrected chi connectivity index (χ1v) is 8.78. The van der Waals surface area contributed by atoms with Gasteiger partial charge in [-0.1, -0.05) is 35.3 Å². The summed E-state index contributed by atoms with van der Waals surface area (Å²) in [6.45, 7) is 0. The molecule has 2 aromatic carbocycles. The van der Waals surface area contributed by atoms with Crippen molar-refractivity contribution in [3.05, 3.63) is 80.4 Å². The first-order chi connectivity index (χ1) is 12.2. The molecule has 0 saturated heterocycles. The van der Waals surface area contributed by atoms with Crippen LogP contribution in [0.2, 0.25) is 10.0 Å². The quantitative estimate of drug-likeness (QED) is 0.404. The topological polar surface area (TPSA) is 22.0 Å². The summed E-state index contributed by atoms with van der Waals surface area (Å²) in [5.74, 6) is -0.815. The second-order valence-corrected chi connectivity index (χ2v) is 7.11. The van der Waals surface area contributed by atoms with Gasteiger partial charge in [0.05, 0.1) is 5.69 Å². The van der Waals surface area contributed by atoms with E-state index in [1.165, 1.54) is 30.3 Å². The van der Waals surface area contributed by atoms with Gasteiger partial charge in [0, 0.05) is 20.1 Å². The molecule has 0 aliphatic heterocycles. The maximum Gasteiger partial charge on any atom is 0.432 e. The molecule has 0 fully saturated rings. The number of carbonyl (C=O) groups excluding carboxylic acids is 1. The molecule has 0 aliphatic carbocycles. The highest BCUT2D eigenvalue weighted by molar-refractivity contribution is 9.10. The highest BCUT2D eigenvalue weighted by atomic mass is 79.9. The van der Waals surface area contributed by atoms with E-state index >= 15 is 0 Å². The molecule has 1 heterocycles. The summed E-state index contributed by atoms with van der Waals surface area (Å²) in [7, 11) is 0. The summed E-state index contributed by atoms with van der Waals surface area (Å²) in [5, 5.41) is 0.815. The number of hydrogen-bond acceptors (Lipinski definition) is 1. The van der Waals surface area contributed by atoms with E-state index in [0.717, 1.165) is 0 Å². The molecule has 0 aliphatic rings. The fourth-order valence-electron chi connectivity index (χ4n) is 2.51. The summed E-state index contributed by atoms with van der Waals surface area (Å²) in [6, 6.07) is 13.1. The van der Waals surface area contributed by atoms with Gasteiger partial charge < -0.3 is 0 Å². The second kappa shape index (κ2) is 7.10. The lowest BCUT2D eigenvalue weighted by atomic mass is 10.1. The van der Waals surface area contributed by atoms with Crippen molar-refractivity contribution in [1.29, 1.82) is 0 Å². The molecule has 0 amide bonds. The summed E-state index contributed by atoms with van der Waals surface area (Å²) >= 11 is 14.6. The third-order valence-corrected chi connectivity index (χ3v) is 4.77. The maximum absolute atomic E-state index is 13.6. The third-order valence-electron chi connectivity index (χ3n) is 3.66. The Hall–Kier alpha value is -1.76. The minimum absolute atomic E-state index is 0.0817. The molecule has 0 bridgehead atoms. The van der Waals surface area contributed by atoms with Crippen LogP contribution in [0.1, 0.15) is 16.1 Å². The lowest BCUT2D eigenvalue weighted by Crippen LogP contribution is -2.21.